The Hall–Kier alpha value is -2.87. The van der Waals surface area contributed by atoms with Crippen molar-refractivity contribution in [3.05, 3.63) is 41.7 Å². The highest BCUT2D eigenvalue weighted by Gasteiger charge is 2.32. The molecule has 1 aromatic carbocycles. The van der Waals surface area contributed by atoms with Gasteiger partial charge in [-0.2, -0.15) is 9.78 Å². The quantitative estimate of drug-likeness (QED) is 0.499. The summed E-state index contributed by atoms with van der Waals surface area (Å²) in [4.78, 5) is 30.0. The van der Waals surface area contributed by atoms with E-state index in [1.165, 1.54) is 23.1 Å². The summed E-state index contributed by atoms with van der Waals surface area (Å²) in [5.74, 6) is -0.0119. The lowest BCUT2D eigenvalue weighted by Crippen LogP contribution is -2.42. The predicted octanol–water partition coefficient (Wildman–Crippen LogP) is 6.04. The first-order valence-corrected chi connectivity index (χ1v) is 13.5. The van der Waals surface area contributed by atoms with Crippen molar-refractivity contribution in [3.8, 4) is 11.1 Å². The minimum atomic E-state index is -0.628. The van der Waals surface area contributed by atoms with E-state index in [0.29, 0.717) is 13.1 Å². The molecule has 1 aromatic heterocycles. The van der Waals surface area contributed by atoms with Crippen LogP contribution in [0.5, 0.6) is 0 Å². The molecule has 202 valence electrons. The Labute approximate surface area is 220 Å². The largest absolute Gasteiger partial charge is 0.444 e. The molecule has 4 rings (SSSR count). The Morgan fingerprint density at radius 1 is 0.946 bits per heavy atom. The molecule has 0 spiro atoms. The summed E-state index contributed by atoms with van der Waals surface area (Å²) in [5, 5.41) is 4.75. The maximum atomic E-state index is 13.0. The van der Waals surface area contributed by atoms with Crippen molar-refractivity contribution in [2.24, 2.45) is 0 Å². The number of piperidine rings is 1. The minimum absolute atomic E-state index is 0.0119. The van der Waals surface area contributed by atoms with Gasteiger partial charge in [-0.3, -0.25) is 4.90 Å². The number of carbonyl (C=O) groups excluding carboxylic acids is 2. The van der Waals surface area contributed by atoms with Gasteiger partial charge in [0.1, 0.15) is 11.2 Å². The molecule has 2 aromatic rings. The van der Waals surface area contributed by atoms with E-state index in [1.54, 1.807) is 11.1 Å². The molecular formula is C29H42N4O4. The predicted molar refractivity (Wildman–Crippen MR) is 144 cm³/mol. The maximum Gasteiger partial charge on any atom is 0.435 e. The average Bonchev–Trinajstić information content (AvgIpc) is 3.47. The average molecular weight is 511 g/mol. The number of rotatable bonds is 4. The Balaban J connectivity index is 1.65. The Bertz CT molecular complexity index is 1110. The van der Waals surface area contributed by atoms with Gasteiger partial charge in [0, 0.05) is 37.3 Å². The molecule has 2 fully saturated rings. The van der Waals surface area contributed by atoms with Crippen LogP contribution >= 0.6 is 0 Å². The van der Waals surface area contributed by atoms with Gasteiger partial charge in [0.25, 0.3) is 0 Å². The molecule has 0 aliphatic carbocycles. The first-order chi connectivity index (χ1) is 17.4. The lowest BCUT2D eigenvalue weighted by molar-refractivity contribution is 0.0196. The smallest absolute Gasteiger partial charge is 0.435 e. The first-order valence-electron chi connectivity index (χ1n) is 13.5. The molecule has 0 radical (unpaired) electrons. The van der Waals surface area contributed by atoms with Crippen LogP contribution in [0.2, 0.25) is 0 Å². The fourth-order valence-corrected chi connectivity index (χ4v) is 5.04. The van der Waals surface area contributed by atoms with Gasteiger partial charge in [-0.25, -0.2) is 9.59 Å². The zero-order valence-electron chi connectivity index (χ0n) is 23.2. The highest BCUT2D eigenvalue weighted by molar-refractivity contribution is 5.75. The molecule has 1 atom stereocenters. The molecule has 2 aliphatic rings. The topological polar surface area (TPSA) is 76.9 Å². The summed E-state index contributed by atoms with van der Waals surface area (Å²) in [6.45, 7) is 15.5. The highest BCUT2D eigenvalue weighted by Crippen LogP contribution is 2.35. The van der Waals surface area contributed by atoms with Gasteiger partial charge in [0.15, 0.2) is 0 Å². The minimum Gasteiger partial charge on any atom is -0.444 e. The summed E-state index contributed by atoms with van der Waals surface area (Å²) in [6.07, 6.45) is 5.20. The van der Waals surface area contributed by atoms with E-state index in [9.17, 15) is 9.59 Å². The number of hydrogen-bond acceptors (Lipinski definition) is 6. The summed E-state index contributed by atoms with van der Waals surface area (Å²) in [6, 6.07) is 8.50. The van der Waals surface area contributed by atoms with Gasteiger partial charge in [-0.05, 0) is 97.5 Å². The number of amides is 1. The lowest BCUT2D eigenvalue weighted by atomic mass is 9.90. The Kier molecular flexibility index (Phi) is 7.97. The lowest BCUT2D eigenvalue weighted by Gasteiger charge is -2.33. The summed E-state index contributed by atoms with van der Waals surface area (Å²) < 4.78 is 12.6. The third-order valence-corrected chi connectivity index (χ3v) is 6.63. The van der Waals surface area contributed by atoms with Crippen LogP contribution in [-0.2, 0) is 16.0 Å². The van der Waals surface area contributed by atoms with Crippen molar-refractivity contribution in [2.75, 3.05) is 26.2 Å². The third-order valence-electron chi connectivity index (χ3n) is 6.63. The first kappa shape index (κ1) is 27.2. The van der Waals surface area contributed by atoms with Crippen LogP contribution in [0.25, 0.3) is 11.1 Å². The number of hydrogen-bond donors (Lipinski definition) is 0. The third kappa shape index (κ3) is 7.34. The fourth-order valence-electron chi connectivity index (χ4n) is 5.04. The summed E-state index contributed by atoms with van der Waals surface area (Å²) in [7, 11) is 0. The second kappa shape index (κ2) is 10.9. The van der Waals surface area contributed by atoms with Crippen molar-refractivity contribution in [1.29, 1.82) is 0 Å². The molecule has 0 unspecified atom stereocenters. The molecule has 8 heteroatoms. The number of ether oxygens (including phenoxy) is 2. The van der Waals surface area contributed by atoms with E-state index in [2.05, 4.69) is 29.2 Å². The molecule has 2 saturated heterocycles. The van der Waals surface area contributed by atoms with Crippen LogP contribution < -0.4 is 0 Å². The van der Waals surface area contributed by atoms with Gasteiger partial charge in [0.05, 0.1) is 5.69 Å². The molecule has 3 heterocycles. The van der Waals surface area contributed by atoms with Crippen LogP contribution in [0.15, 0.2) is 30.5 Å². The van der Waals surface area contributed by atoms with Crippen molar-refractivity contribution < 1.29 is 19.1 Å². The van der Waals surface area contributed by atoms with Crippen LogP contribution in [0.4, 0.5) is 9.59 Å². The van der Waals surface area contributed by atoms with Crippen molar-refractivity contribution in [3.63, 3.8) is 0 Å². The van der Waals surface area contributed by atoms with E-state index >= 15 is 0 Å². The van der Waals surface area contributed by atoms with Gasteiger partial charge in [0.2, 0.25) is 0 Å². The molecule has 37 heavy (non-hydrogen) atoms. The molecular weight excluding hydrogens is 468 g/mol. The normalized spacial score (nSPS) is 19.2. The van der Waals surface area contributed by atoms with Crippen LogP contribution in [-0.4, -0.2) is 69.1 Å². The van der Waals surface area contributed by atoms with Crippen LogP contribution in [0, 0.1) is 0 Å². The standard InChI is InChI=1S/C29H42N4O4/c1-28(2,3)36-26(34)32-16-10-13-23(19-32)25-24(20-33(30-25)27(35)37-29(4,5)6)22-12-9-11-21(17-22)18-31-14-7-8-15-31/h9,11-12,17,20,23H,7-8,10,13-16,18-19H2,1-6H3/t23-/m0/s1. The van der Waals surface area contributed by atoms with Crippen molar-refractivity contribution in [1.82, 2.24) is 19.6 Å². The number of likely N-dealkylation sites (tertiary alicyclic amines) is 2. The molecule has 0 N–H and O–H groups in total. The second-order valence-electron chi connectivity index (χ2n) is 12.3. The summed E-state index contributed by atoms with van der Waals surface area (Å²) >= 11 is 0. The van der Waals surface area contributed by atoms with E-state index < -0.39 is 17.3 Å². The van der Waals surface area contributed by atoms with E-state index in [4.69, 9.17) is 14.6 Å². The van der Waals surface area contributed by atoms with Gasteiger partial charge >= 0.3 is 12.2 Å². The molecule has 0 saturated carbocycles. The zero-order chi connectivity index (χ0) is 26.8. The second-order valence-corrected chi connectivity index (χ2v) is 12.3. The number of benzene rings is 1. The summed E-state index contributed by atoms with van der Waals surface area (Å²) in [5.41, 5.74) is 2.81. The molecule has 8 nitrogen and oxygen atoms in total. The Morgan fingerprint density at radius 3 is 2.30 bits per heavy atom. The van der Waals surface area contributed by atoms with Gasteiger partial charge in [-0.15, -0.1) is 0 Å². The Morgan fingerprint density at radius 2 is 1.62 bits per heavy atom. The number of carbonyl (C=O) groups is 2. The highest BCUT2D eigenvalue weighted by atomic mass is 16.6. The van der Waals surface area contributed by atoms with Crippen LogP contribution in [0.3, 0.4) is 0 Å². The van der Waals surface area contributed by atoms with Gasteiger partial charge < -0.3 is 14.4 Å². The molecule has 2 aliphatic heterocycles. The fraction of sp³-hybridized carbons (Fsp3) is 0.621. The van der Waals surface area contributed by atoms with Crippen LogP contribution in [0.1, 0.15) is 84.4 Å². The van der Waals surface area contributed by atoms with Gasteiger partial charge in [-0.1, -0.05) is 18.2 Å². The number of nitrogens with zero attached hydrogens (tertiary/aromatic N) is 4. The monoisotopic (exact) mass is 510 g/mol. The molecule has 0 bridgehead atoms. The van der Waals surface area contributed by atoms with Crippen molar-refractivity contribution >= 4 is 12.2 Å². The van der Waals surface area contributed by atoms with E-state index in [0.717, 1.165) is 49.3 Å². The van der Waals surface area contributed by atoms with E-state index in [-0.39, 0.29) is 12.0 Å². The number of aromatic nitrogens is 2. The maximum absolute atomic E-state index is 13.0. The molecule has 1 amide bonds. The van der Waals surface area contributed by atoms with E-state index in [1.807, 2.05) is 41.5 Å². The zero-order valence-corrected chi connectivity index (χ0v) is 23.2. The SMILES string of the molecule is CC(C)(C)OC(=O)N1CCC[C@H](c2nn(C(=O)OC(C)(C)C)cc2-c2cccc(CN3CCCC3)c2)C1. The van der Waals surface area contributed by atoms with Crippen molar-refractivity contribution in [2.45, 2.75) is 90.9 Å².